The van der Waals surface area contributed by atoms with Crippen LogP contribution in [-0.4, -0.2) is 118 Å². The van der Waals surface area contributed by atoms with E-state index in [0.29, 0.717) is 22.0 Å². The molecule has 2 saturated heterocycles. The van der Waals surface area contributed by atoms with Crippen molar-refractivity contribution in [1.29, 1.82) is 0 Å². The topological polar surface area (TPSA) is 191 Å². The van der Waals surface area contributed by atoms with Crippen LogP contribution < -0.4 is 66.0 Å². The SMILES string of the molecule is CB(O)N1C[C@H](O)C[C@H]1C(=O)O.CC(C)(C)[O-].COC(=O)[C@@H]1C[C@@H](Oc2cc3c(Cl)nccc3cc2OC)CN1C(=O)OC(C)(C)C.[K+]. The number of ether oxygens (including phenoxy) is 4. The molecule has 0 bridgehead atoms. The number of aliphatic hydroxyl groups excluding tert-OH is 1. The number of fused-ring (bicyclic) bond motifs is 1. The number of carbonyl (C=O) groups excluding carboxylic acids is 2. The quantitative estimate of drug-likeness (QED) is 0.199. The van der Waals surface area contributed by atoms with Gasteiger partial charge in [-0.1, -0.05) is 32.4 Å². The van der Waals surface area contributed by atoms with Crippen LogP contribution in [0.25, 0.3) is 10.8 Å². The van der Waals surface area contributed by atoms with E-state index in [0.717, 1.165) is 5.39 Å². The molecule has 3 N–H and O–H groups in total. The molecular formula is C31H46BClKN3O11. The average Bonchev–Trinajstić information content (AvgIpc) is 3.55. The second-order valence-electron chi connectivity index (χ2n) is 13.2. The van der Waals surface area contributed by atoms with Crippen molar-refractivity contribution in [2.75, 3.05) is 27.3 Å². The third-order valence-corrected chi connectivity index (χ3v) is 7.04. The number of carboxylic acid groups (broad SMARTS) is 1. The van der Waals surface area contributed by atoms with E-state index in [1.54, 1.807) is 59.9 Å². The zero-order chi connectivity index (χ0) is 35.9. The van der Waals surface area contributed by atoms with E-state index < -0.39 is 60.6 Å². The Morgan fingerprint density at radius 1 is 1.04 bits per heavy atom. The molecule has 2 aliphatic rings. The summed E-state index contributed by atoms with van der Waals surface area (Å²) in [7, 11) is 2.00. The van der Waals surface area contributed by atoms with Gasteiger partial charge in [-0.3, -0.25) is 9.69 Å². The number of carbonyl (C=O) groups is 3. The number of methoxy groups -OCH3 is 2. The average molecular weight is 722 g/mol. The first-order chi connectivity index (χ1) is 21.6. The number of carboxylic acids is 1. The van der Waals surface area contributed by atoms with E-state index in [1.807, 2.05) is 6.07 Å². The second-order valence-corrected chi connectivity index (χ2v) is 13.5. The van der Waals surface area contributed by atoms with Gasteiger partial charge in [-0.25, -0.2) is 14.6 Å². The molecule has 0 radical (unpaired) electrons. The summed E-state index contributed by atoms with van der Waals surface area (Å²) in [6.45, 7) is 12.1. The van der Waals surface area contributed by atoms with Crippen molar-refractivity contribution in [2.45, 2.75) is 96.7 Å². The van der Waals surface area contributed by atoms with Gasteiger partial charge < -0.3 is 44.1 Å². The van der Waals surface area contributed by atoms with Crippen molar-refractivity contribution in [1.82, 2.24) is 14.7 Å². The number of esters is 1. The Morgan fingerprint density at radius 3 is 2.12 bits per heavy atom. The van der Waals surface area contributed by atoms with Crippen LogP contribution in [0.3, 0.4) is 0 Å². The summed E-state index contributed by atoms with van der Waals surface area (Å²) in [5, 5.41) is 39.0. The number of hydrogen-bond donors (Lipinski definition) is 3. The number of β-amino-alcohol motifs (C(OH)–C–C–N with tert-alkyl or cyclic N) is 1. The summed E-state index contributed by atoms with van der Waals surface area (Å²) < 4.78 is 21.9. The third kappa shape index (κ3) is 13.9. The first-order valence-corrected chi connectivity index (χ1v) is 15.4. The number of aliphatic hydroxyl groups is 1. The first-order valence-electron chi connectivity index (χ1n) is 15.1. The van der Waals surface area contributed by atoms with Crippen molar-refractivity contribution in [3.63, 3.8) is 0 Å². The van der Waals surface area contributed by atoms with Gasteiger partial charge in [0.05, 0.1) is 26.9 Å². The molecule has 2 fully saturated rings. The largest absolute Gasteiger partial charge is 1.00 e. The Balaban J connectivity index is 0.000000529. The molecule has 0 saturated carbocycles. The third-order valence-electron chi connectivity index (χ3n) is 6.74. The maximum absolute atomic E-state index is 12.6. The maximum atomic E-state index is 12.6. The minimum Gasteiger partial charge on any atom is -0.850 e. The number of halogens is 1. The van der Waals surface area contributed by atoms with Crippen LogP contribution in [0.15, 0.2) is 24.4 Å². The Morgan fingerprint density at radius 2 is 1.65 bits per heavy atom. The Hall–Kier alpha value is -1.73. The number of nitrogens with zero attached hydrogens (tertiary/aromatic N) is 3. The molecule has 2 aliphatic heterocycles. The van der Waals surface area contributed by atoms with Crippen LogP contribution >= 0.6 is 11.6 Å². The molecule has 14 nitrogen and oxygen atoms in total. The van der Waals surface area contributed by atoms with E-state index in [2.05, 4.69) is 4.98 Å². The molecule has 48 heavy (non-hydrogen) atoms. The van der Waals surface area contributed by atoms with Gasteiger partial charge in [0, 0.05) is 24.5 Å². The van der Waals surface area contributed by atoms with E-state index in [9.17, 15) is 19.5 Å². The van der Waals surface area contributed by atoms with Crippen molar-refractivity contribution in [2.24, 2.45) is 0 Å². The maximum Gasteiger partial charge on any atom is 1.00 e. The van der Waals surface area contributed by atoms with Crippen LogP contribution in [-0.2, 0) is 19.1 Å². The van der Waals surface area contributed by atoms with Gasteiger partial charge in [-0.15, -0.1) is 5.60 Å². The van der Waals surface area contributed by atoms with Crippen molar-refractivity contribution < 1.29 is 105 Å². The number of aliphatic carboxylic acids is 1. The number of likely N-dealkylation sites (tertiary alicyclic amines) is 1. The molecule has 4 rings (SSSR count). The van der Waals surface area contributed by atoms with Crippen LogP contribution in [0, 0.1) is 0 Å². The van der Waals surface area contributed by atoms with Gasteiger partial charge in [0.1, 0.15) is 28.9 Å². The molecule has 1 aromatic heterocycles. The zero-order valence-corrected chi connectivity index (χ0v) is 33.2. The van der Waals surface area contributed by atoms with Gasteiger partial charge in [0.15, 0.2) is 11.5 Å². The van der Waals surface area contributed by atoms with Crippen LogP contribution in [0.4, 0.5) is 4.79 Å². The molecule has 17 heteroatoms. The number of aromatic nitrogens is 1. The summed E-state index contributed by atoms with van der Waals surface area (Å²) in [6.07, 6.45) is 0.362. The number of pyridine rings is 1. The monoisotopic (exact) mass is 721 g/mol. The van der Waals surface area contributed by atoms with E-state index >= 15 is 0 Å². The van der Waals surface area contributed by atoms with Gasteiger partial charge in [-0.2, -0.15) is 0 Å². The van der Waals surface area contributed by atoms with Gasteiger partial charge in [-0.05, 0) is 57.6 Å². The molecule has 0 spiro atoms. The summed E-state index contributed by atoms with van der Waals surface area (Å²) in [5.74, 6) is -0.563. The van der Waals surface area contributed by atoms with Gasteiger partial charge in [0.2, 0.25) is 0 Å². The molecule has 2 aromatic rings. The first kappa shape index (κ1) is 44.3. The molecule has 3 heterocycles. The van der Waals surface area contributed by atoms with E-state index in [4.69, 9.17) is 45.8 Å². The molecule has 262 valence electrons. The van der Waals surface area contributed by atoms with Crippen molar-refractivity contribution in [3.05, 3.63) is 29.5 Å². The smallest absolute Gasteiger partial charge is 0.850 e. The fourth-order valence-electron chi connectivity index (χ4n) is 4.83. The van der Waals surface area contributed by atoms with Crippen molar-refractivity contribution in [3.8, 4) is 11.5 Å². The van der Waals surface area contributed by atoms with Crippen LogP contribution in [0.2, 0.25) is 12.0 Å². The predicted octanol–water partition coefficient (Wildman–Crippen LogP) is -0.408. The second kappa shape index (κ2) is 19.0. The normalized spacial score (nSPS) is 20.7. The van der Waals surface area contributed by atoms with Crippen LogP contribution in [0.1, 0.15) is 54.4 Å². The summed E-state index contributed by atoms with van der Waals surface area (Å²) in [5.41, 5.74) is -1.44. The minimum atomic E-state index is -0.993. The summed E-state index contributed by atoms with van der Waals surface area (Å²) in [4.78, 5) is 42.3. The molecule has 4 atom stereocenters. The molecule has 1 aromatic carbocycles. The molecular weight excluding hydrogens is 676 g/mol. The number of rotatable bonds is 6. The Kier molecular flexibility index (Phi) is 17.6. The van der Waals surface area contributed by atoms with E-state index in [1.165, 1.54) is 30.8 Å². The number of amides is 1. The summed E-state index contributed by atoms with van der Waals surface area (Å²) in [6, 6.07) is 3.82. The fourth-order valence-corrected chi connectivity index (χ4v) is 5.05. The molecule has 0 aliphatic carbocycles. The molecule has 0 unspecified atom stereocenters. The van der Waals surface area contributed by atoms with Gasteiger partial charge in [0.25, 0.3) is 0 Å². The standard InChI is InChI=1S/C21H25ClN2O6.C6H12BNO4.C4H9O.K/c1-21(2,3)30-20(26)24-11-13(9-15(24)19(25)28-5)29-17-10-14-12(8-16(17)27-4)6-7-23-18(14)22;1-7(12)8-3-4(9)2-5(8)6(10)11;1-4(2,3)5;/h6-8,10,13,15H,9,11H2,1-5H3;4-5,9,12H,2-3H2,1H3,(H,10,11);1-3H3;/q;;-1;+1/t13-,15+;4-,5+;;/m11../s1. The van der Waals surface area contributed by atoms with Crippen LogP contribution in [0.5, 0.6) is 11.5 Å². The summed E-state index contributed by atoms with van der Waals surface area (Å²) >= 11 is 6.21. The number of benzene rings is 1. The van der Waals surface area contributed by atoms with Crippen molar-refractivity contribution >= 4 is 47.5 Å². The zero-order valence-electron chi connectivity index (χ0n) is 29.4. The Bertz CT molecular complexity index is 1380. The fraction of sp³-hybridized carbons (Fsp3) is 0.613. The number of hydrogen-bond acceptors (Lipinski definition) is 12. The Labute approximate surface area is 329 Å². The predicted molar refractivity (Wildman–Crippen MR) is 173 cm³/mol. The van der Waals surface area contributed by atoms with E-state index in [-0.39, 0.29) is 77.3 Å². The van der Waals surface area contributed by atoms with Gasteiger partial charge >= 0.3 is 76.5 Å². The minimum absolute atomic E-state index is 0. The molecule has 1 amide bonds.